The second-order valence-corrected chi connectivity index (χ2v) is 6.63. The van der Waals surface area contributed by atoms with Gasteiger partial charge in [-0.15, -0.1) is 0 Å². The average molecular weight is 287 g/mol. The fourth-order valence-corrected chi connectivity index (χ4v) is 4.02. The van der Waals surface area contributed by atoms with Crippen molar-refractivity contribution >= 4 is 5.97 Å². The number of carbonyl (C=O) groups is 1. The van der Waals surface area contributed by atoms with Crippen molar-refractivity contribution in [1.29, 1.82) is 0 Å². The van der Waals surface area contributed by atoms with Crippen LogP contribution in [0.3, 0.4) is 0 Å². The van der Waals surface area contributed by atoms with Gasteiger partial charge in [0.05, 0.1) is 12.7 Å². The maximum atomic E-state index is 11.8. The zero-order valence-electron chi connectivity index (χ0n) is 12.9. The lowest BCUT2D eigenvalue weighted by Crippen LogP contribution is -2.38. The molecule has 0 unspecified atom stereocenters. The molecule has 1 saturated carbocycles. The summed E-state index contributed by atoms with van der Waals surface area (Å²) in [5.41, 5.74) is 2.45. The average Bonchev–Trinajstić information content (AvgIpc) is 2.98. The molecule has 1 aliphatic heterocycles. The van der Waals surface area contributed by atoms with E-state index in [-0.39, 0.29) is 5.97 Å². The Morgan fingerprint density at radius 1 is 1.14 bits per heavy atom. The number of methoxy groups -OCH3 is 1. The largest absolute Gasteiger partial charge is 0.465 e. The zero-order valence-corrected chi connectivity index (χ0v) is 12.9. The molecule has 0 aromatic heterocycles. The van der Waals surface area contributed by atoms with Crippen LogP contribution in [-0.2, 0) is 11.3 Å². The summed E-state index contributed by atoms with van der Waals surface area (Å²) in [6.45, 7) is 3.19. The molecule has 0 amide bonds. The first-order chi connectivity index (χ1) is 10.2. The third-order valence-electron chi connectivity index (χ3n) is 5.40. The first-order valence-electron chi connectivity index (χ1n) is 8.11. The third-order valence-corrected chi connectivity index (χ3v) is 5.40. The number of benzene rings is 1. The summed E-state index contributed by atoms with van der Waals surface area (Å²) >= 11 is 0. The number of hydrogen-bond acceptors (Lipinski definition) is 3. The van der Waals surface area contributed by atoms with Crippen molar-refractivity contribution < 1.29 is 9.53 Å². The van der Waals surface area contributed by atoms with E-state index < -0.39 is 0 Å². The molecule has 1 saturated heterocycles. The summed E-state index contributed by atoms with van der Waals surface area (Å²) in [6, 6.07) is 7.82. The minimum absolute atomic E-state index is 0.227. The third kappa shape index (κ3) is 3.13. The van der Waals surface area contributed by atoms with Crippen molar-refractivity contribution in [1.82, 2.24) is 4.90 Å². The molecule has 1 heterocycles. The van der Waals surface area contributed by atoms with E-state index in [1.165, 1.54) is 45.6 Å². The van der Waals surface area contributed by atoms with Gasteiger partial charge in [0.25, 0.3) is 0 Å². The van der Waals surface area contributed by atoms with Crippen LogP contribution in [0.15, 0.2) is 24.3 Å². The summed E-state index contributed by atoms with van der Waals surface area (Å²) in [4.78, 5) is 14.3. The van der Waals surface area contributed by atoms with Crippen LogP contribution in [-0.4, -0.2) is 31.1 Å². The maximum absolute atomic E-state index is 11.8. The predicted molar refractivity (Wildman–Crippen MR) is 83.2 cm³/mol. The van der Waals surface area contributed by atoms with Crippen LogP contribution in [0.25, 0.3) is 0 Å². The lowest BCUT2D eigenvalue weighted by atomic mass is 9.77. The summed E-state index contributed by atoms with van der Waals surface area (Å²) in [7, 11) is 1.45. The Morgan fingerprint density at radius 3 is 2.48 bits per heavy atom. The van der Waals surface area contributed by atoms with Crippen LogP contribution in [0.1, 0.15) is 54.4 Å². The monoisotopic (exact) mass is 287 g/mol. The lowest BCUT2D eigenvalue weighted by molar-refractivity contribution is 0.0595. The van der Waals surface area contributed by atoms with Gasteiger partial charge in [-0.3, -0.25) is 4.90 Å². The van der Waals surface area contributed by atoms with Crippen LogP contribution in [0.5, 0.6) is 0 Å². The fraction of sp³-hybridized carbons (Fsp3) is 0.611. The van der Waals surface area contributed by atoms with Gasteiger partial charge in [-0.05, 0) is 55.8 Å². The van der Waals surface area contributed by atoms with E-state index in [1.807, 2.05) is 24.3 Å². The van der Waals surface area contributed by atoms with Crippen molar-refractivity contribution in [3.05, 3.63) is 35.4 Å². The smallest absolute Gasteiger partial charge is 0.338 e. The highest BCUT2D eigenvalue weighted by Gasteiger charge is 2.36. The molecule has 0 radical (unpaired) electrons. The standard InChI is InChI=1S/C18H25NO2/c1-21-17(20)16-7-3-2-6-15(16)14-19-12-10-18(11-13-19)8-4-5-9-18/h2-3,6-7H,4-5,8-14H2,1H3. The lowest BCUT2D eigenvalue weighted by Gasteiger charge is -2.39. The summed E-state index contributed by atoms with van der Waals surface area (Å²) in [5, 5.41) is 0. The van der Waals surface area contributed by atoms with E-state index in [1.54, 1.807) is 0 Å². The molecular weight excluding hydrogens is 262 g/mol. The van der Waals surface area contributed by atoms with Crippen molar-refractivity contribution in [3.8, 4) is 0 Å². The Morgan fingerprint density at radius 2 is 1.81 bits per heavy atom. The molecule has 0 N–H and O–H groups in total. The number of ether oxygens (including phenoxy) is 1. The van der Waals surface area contributed by atoms with Crippen molar-refractivity contribution in [2.45, 2.75) is 45.1 Å². The normalized spacial score (nSPS) is 21.6. The molecule has 0 atom stereocenters. The van der Waals surface area contributed by atoms with Crippen molar-refractivity contribution in [2.75, 3.05) is 20.2 Å². The van der Waals surface area contributed by atoms with Crippen LogP contribution in [0, 0.1) is 5.41 Å². The Balaban J connectivity index is 1.64. The van der Waals surface area contributed by atoms with E-state index in [2.05, 4.69) is 4.90 Å². The molecule has 1 aromatic carbocycles. The number of rotatable bonds is 3. The highest BCUT2D eigenvalue weighted by Crippen LogP contribution is 2.46. The number of hydrogen-bond donors (Lipinski definition) is 0. The van der Waals surface area contributed by atoms with Gasteiger partial charge in [0.15, 0.2) is 0 Å². The van der Waals surface area contributed by atoms with E-state index in [9.17, 15) is 4.79 Å². The molecule has 2 fully saturated rings. The van der Waals surface area contributed by atoms with Gasteiger partial charge >= 0.3 is 5.97 Å². The van der Waals surface area contributed by atoms with Crippen LogP contribution < -0.4 is 0 Å². The van der Waals surface area contributed by atoms with Gasteiger partial charge in [0, 0.05) is 6.54 Å². The molecule has 21 heavy (non-hydrogen) atoms. The van der Waals surface area contributed by atoms with E-state index >= 15 is 0 Å². The number of nitrogens with zero attached hydrogens (tertiary/aromatic N) is 1. The van der Waals surface area contributed by atoms with Gasteiger partial charge in [0.1, 0.15) is 0 Å². The number of likely N-dealkylation sites (tertiary alicyclic amines) is 1. The molecule has 3 nitrogen and oxygen atoms in total. The predicted octanol–water partition coefficient (Wildman–Crippen LogP) is 3.63. The van der Waals surface area contributed by atoms with Crippen LogP contribution >= 0.6 is 0 Å². The minimum atomic E-state index is -0.227. The SMILES string of the molecule is COC(=O)c1ccccc1CN1CCC2(CCCC2)CC1. The Bertz CT molecular complexity index is 496. The van der Waals surface area contributed by atoms with Crippen LogP contribution in [0.4, 0.5) is 0 Å². The minimum Gasteiger partial charge on any atom is -0.465 e. The number of piperidine rings is 1. The molecular formula is C18H25NO2. The fourth-order valence-electron chi connectivity index (χ4n) is 4.02. The van der Waals surface area contributed by atoms with Crippen LogP contribution in [0.2, 0.25) is 0 Å². The maximum Gasteiger partial charge on any atom is 0.338 e. The van der Waals surface area contributed by atoms with E-state index in [0.717, 1.165) is 25.2 Å². The molecule has 0 bridgehead atoms. The van der Waals surface area contributed by atoms with E-state index in [4.69, 9.17) is 4.74 Å². The molecule has 3 rings (SSSR count). The number of esters is 1. The number of carbonyl (C=O) groups excluding carboxylic acids is 1. The van der Waals surface area contributed by atoms with Gasteiger partial charge < -0.3 is 4.74 Å². The topological polar surface area (TPSA) is 29.5 Å². The van der Waals surface area contributed by atoms with Gasteiger partial charge in [0.2, 0.25) is 0 Å². The Hall–Kier alpha value is -1.35. The summed E-state index contributed by atoms with van der Waals surface area (Å²) < 4.78 is 4.88. The van der Waals surface area contributed by atoms with E-state index in [0.29, 0.717) is 11.0 Å². The quantitative estimate of drug-likeness (QED) is 0.795. The highest BCUT2D eigenvalue weighted by atomic mass is 16.5. The first-order valence-corrected chi connectivity index (χ1v) is 8.11. The first kappa shape index (κ1) is 14.6. The molecule has 3 heteroatoms. The van der Waals surface area contributed by atoms with Gasteiger partial charge in [-0.1, -0.05) is 31.0 Å². The molecule has 1 aliphatic carbocycles. The zero-order chi connectivity index (χ0) is 14.7. The molecule has 2 aliphatic rings. The summed E-state index contributed by atoms with van der Waals surface area (Å²) in [5.74, 6) is -0.227. The Kier molecular flexibility index (Phi) is 4.29. The Labute approximate surface area is 127 Å². The highest BCUT2D eigenvalue weighted by molar-refractivity contribution is 5.90. The van der Waals surface area contributed by atoms with Gasteiger partial charge in [-0.2, -0.15) is 0 Å². The van der Waals surface area contributed by atoms with Crippen molar-refractivity contribution in [3.63, 3.8) is 0 Å². The molecule has 1 aromatic rings. The molecule has 114 valence electrons. The van der Waals surface area contributed by atoms with Crippen molar-refractivity contribution in [2.24, 2.45) is 5.41 Å². The second kappa shape index (κ2) is 6.18. The molecule has 1 spiro atoms. The van der Waals surface area contributed by atoms with Gasteiger partial charge in [-0.25, -0.2) is 4.79 Å². The second-order valence-electron chi connectivity index (χ2n) is 6.63. The summed E-state index contributed by atoms with van der Waals surface area (Å²) in [6.07, 6.45) is 8.36.